The summed E-state index contributed by atoms with van der Waals surface area (Å²) < 4.78 is 5.18. The van der Waals surface area contributed by atoms with Gasteiger partial charge in [0.05, 0.1) is 6.61 Å². The van der Waals surface area contributed by atoms with Crippen molar-refractivity contribution in [2.75, 3.05) is 54.5 Å². The number of rotatable bonds is 6. The van der Waals surface area contributed by atoms with Crippen molar-refractivity contribution in [3.8, 4) is 0 Å². The van der Waals surface area contributed by atoms with Crippen LogP contribution in [0.5, 0.6) is 0 Å². The van der Waals surface area contributed by atoms with Crippen LogP contribution in [-0.4, -0.2) is 76.4 Å². The first-order valence-electron chi connectivity index (χ1n) is 5.72. The van der Waals surface area contributed by atoms with Gasteiger partial charge in [0.1, 0.15) is 0 Å². The Balaban J connectivity index is 2.27. The van der Waals surface area contributed by atoms with Crippen LogP contribution in [0.1, 0.15) is 6.42 Å². The molecule has 90 valence electrons. The van der Waals surface area contributed by atoms with Crippen molar-refractivity contribution in [3.05, 3.63) is 0 Å². The molecule has 0 bridgehead atoms. The van der Waals surface area contributed by atoms with Crippen LogP contribution in [0.4, 0.5) is 0 Å². The predicted octanol–water partition coefficient (Wildman–Crippen LogP) is -0.143. The van der Waals surface area contributed by atoms with Crippen LogP contribution >= 0.6 is 0 Å². The first-order valence-corrected chi connectivity index (χ1v) is 5.72. The Morgan fingerprint density at radius 3 is 2.73 bits per heavy atom. The number of nitrogens with zero attached hydrogens (tertiary/aromatic N) is 2. The molecule has 1 aliphatic rings. The SMILES string of the molecule is CNC(COC)CN1CCC(N(C)C)C1. The average Bonchev–Trinajstić information content (AvgIpc) is 2.65. The van der Waals surface area contributed by atoms with Crippen molar-refractivity contribution < 1.29 is 4.74 Å². The number of hydrogen-bond donors (Lipinski definition) is 1. The van der Waals surface area contributed by atoms with E-state index < -0.39 is 0 Å². The van der Waals surface area contributed by atoms with E-state index in [1.807, 2.05) is 7.05 Å². The van der Waals surface area contributed by atoms with Gasteiger partial charge in [0, 0.05) is 32.3 Å². The van der Waals surface area contributed by atoms with Crippen LogP contribution < -0.4 is 5.32 Å². The first kappa shape index (κ1) is 12.9. The minimum absolute atomic E-state index is 0.455. The highest BCUT2D eigenvalue weighted by atomic mass is 16.5. The molecule has 15 heavy (non-hydrogen) atoms. The van der Waals surface area contributed by atoms with E-state index in [4.69, 9.17) is 4.74 Å². The highest BCUT2D eigenvalue weighted by Crippen LogP contribution is 2.13. The van der Waals surface area contributed by atoms with Crippen molar-refractivity contribution in [3.63, 3.8) is 0 Å². The molecule has 0 aromatic heterocycles. The maximum atomic E-state index is 5.18. The summed E-state index contributed by atoms with van der Waals surface area (Å²) in [7, 11) is 8.10. The maximum Gasteiger partial charge on any atom is 0.0628 e. The van der Waals surface area contributed by atoms with Crippen molar-refractivity contribution in [2.45, 2.75) is 18.5 Å². The molecule has 1 heterocycles. The van der Waals surface area contributed by atoms with Crippen molar-refractivity contribution in [1.29, 1.82) is 0 Å². The van der Waals surface area contributed by atoms with Gasteiger partial charge in [-0.1, -0.05) is 0 Å². The summed E-state index contributed by atoms with van der Waals surface area (Å²) in [5.41, 5.74) is 0. The lowest BCUT2D eigenvalue weighted by molar-refractivity contribution is 0.146. The molecule has 1 saturated heterocycles. The fourth-order valence-corrected chi connectivity index (χ4v) is 2.14. The molecule has 1 rings (SSSR count). The Morgan fingerprint density at radius 2 is 2.27 bits per heavy atom. The lowest BCUT2D eigenvalue weighted by Gasteiger charge is -2.24. The van der Waals surface area contributed by atoms with E-state index in [2.05, 4.69) is 29.2 Å². The molecule has 0 saturated carbocycles. The summed E-state index contributed by atoms with van der Waals surface area (Å²) in [5, 5.41) is 3.29. The zero-order valence-corrected chi connectivity index (χ0v) is 10.5. The number of nitrogens with one attached hydrogen (secondary N) is 1. The molecule has 0 amide bonds. The quantitative estimate of drug-likeness (QED) is 0.667. The smallest absolute Gasteiger partial charge is 0.0628 e. The Morgan fingerprint density at radius 1 is 1.53 bits per heavy atom. The van der Waals surface area contributed by atoms with Crippen LogP contribution in [-0.2, 0) is 4.74 Å². The zero-order valence-electron chi connectivity index (χ0n) is 10.5. The Hall–Kier alpha value is -0.160. The van der Waals surface area contributed by atoms with Gasteiger partial charge in [0.2, 0.25) is 0 Å². The number of methoxy groups -OCH3 is 1. The van der Waals surface area contributed by atoms with Gasteiger partial charge in [-0.05, 0) is 34.1 Å². The molecule has 2 unspecified atom stereocenters. The van der Waals surface area contributed by atoms with Gasteiger partial charge in [-0.15, -0.1) is 0 Å². The minimum atomic E-state index is 0.455. The molecule has 1 aliphatic heterocycles. The highest BCUT2D eigenvalue weighted by Gasteiger charge is 2.25. The molecule has 0 aliphatic carbocycles. The standard InChI is InChI=1S/C11H25N3O/c1-12-10(9-15-4)7-14-6-5-11(8-14)13(2)3/h10-12H,5-9H2,1-4H3. The van der Waals surface area contributed by atoms with Gasteiger partial charge >= 0.3 is 0 Å². The molecule has 4 heteroatoms. The minimum Gasteiger partial charge on any atom is -0.383 e. The van der Waals surface area contributed by atoms with Gasteiger partial charge in [-0.3, -0.25) is 0 Å². The molecule has 2 atom stereocenters. The zero-order chi connectivity index (χ0) is 11.3. The second-order valence-electron chi connectivity index (χ2n) is 4.61. The van der Waals surface area contributed by atoms with Crippen LogP contribution in [0.3, 0.4) is 0 Å². The molecule has 0 radical (unpaired) electrons. The summed E-state index contributed by atoms with van der Waals surface area (Å²) in [5.74, 6) is 0. The number of likely N-dealkylation sites (tertiary alicyclic amines) is 1. The van der Waals surface area contributed by atoms with Crippen molar-refractivity contribution in [2.24, 2.45) is 0 Å². The van der Waals surface area contributed by atoms with Crippen molar-refractivity contribution >= 4 is 0 Å². The number of hydrogen-bond acceptors (Lipinski definition) is 4. The van der Waals surface area contributed by atoms with Gasteiger partial charge < -0.3 is 19.9 Å². The molecule has 0 aromatic carbocycles. The molecule has 4 nitrogen and oxygen atoms in total. The molecule has 1 fully saturated rings. The topological polar surface area (TPSA) is 27.7 Å². The van der Waals surface area contributed by atoms with E-state index in [1.54, 1.807) is 7.11 Å². The van der Waals surface area contributed by atoms with E-state index in [1.165, 1.54) is 19.5 Å². The van der Waals surface area contributed by atoms with Crippen LogP contribution in [0, 0.1) is 0 Å². The van der Waals surface area contributed by atoms with E-state index in [-0.39, 0.29) is 0 Å². The van der Waals surface area contributed by atoms with Gasteiger partial charge in [0.15, 0.2) is 0 Å². The predicted molar refractivity (Wildman–Crippen MR) is 63.3 cm³/mol. The third-order valence-electron chi connectivity index (χ3n) is 3.23. The molecule has 1 N–H and O–H groups in total. The third-order valence-corrected chi connectivity index (χ3v) is 3.23. The second-order valence-corrected chi connectivity index (χ2v) is 4.61. The summed E-state index contributed by atoms with van der Waals surface area (Å²) in [4.78, 5) is 4.84. The fourth-order valence-electron chi connectivity index (χ4n) is 2.14. The van der Waals surface area contributed by atoms with Crippen molar-refractivity contribution in [1.82, 2.24) is 15.1 Å². The van der Waals surface area contributed by atoms with E-state index in [0.717, 1.165) is 19.2 Å². The van der Waals surface area contributed by atoms with Gasteiger partial charge in [-0.25, -0.2) is 0 Å². The highest BCUT2D eigenvalue weighted by molar-refractivity contribution is 4.83. The Kier molecular flexibility index (Phi) is 5.53. The summed E-state index contributed by atoms with van der Waals surface area (Å²) >= 11 is 0. The molecule has 0 aromatic rings. The molecule has 0 spiro atoms. The normalized spacial score (nSPS) is 25.0. The monoisotopic (exact) mass is 215 g/mol. The maximum absolute atomic E-state index is 5.18. The molecular weight excluding hydrogens is 190 g/mol. The Bertz CT molecular complexity index is 175. The third kappa shape index (κ3) is 4.07. The van der Waals surface area contributed by atoms with Crippen LogP contribution in [0.2, 0.25) is 0 Å². The largest absolute Gasteiger partial charge is 0.383 e. The summed E-state index contributed by atoms with van der Waals surface area (Å²) in [6.45, 7) is 4.29. The fraction of sp³-hybridized carbons (Fsp3) is 1.00. The summed E-state index contributed by atoms with van der Waals surface area (Å²) in [6, 6.07) is 1.18. The number of likely N-dealkylation sites (N-methyl/N-ethyl adjacent to an activating group) is 2. The van der Waals surface area contributed by atoms with Gasteiger partial charge in [-0.2, -0.15) is 0 Å². The lowest BCUT2D eigenvalue weighted by Crippen LogP contribution is -2.42. The first-order chi connectivity index (χ1) is 7.17. The average molecular weight is 215 g/mol. The van der Waals surface area contributed by atoms with E-state index >= 15 is 0 Å². The van der Waals surface area contributed by atoms with Crippen LogP contribution in [0.15, 0.2) is 0 Å². The lowest BCUT2D eigenvalue weighted by atomic mass is 10.2. The number of ether oxygens (including phenoxy) is 1. The molecular formula is C11H25N3O. The van der Waals surface area contributed by atoms with E-state index in [0.29, 0.717) is 6.04 Å². The van der Waals surface area contributed by atoms with E-state index in [9.17, 15) is 0 Å². The Labute approximate surface area is 93.6 Å². The second kappa shape index (κ2) is 6.43. The summed E-state index contributed by atoms with van der Waals surface area (Å²) in [6.07, 6.45) is 1.29. The van der Waals surface area contributed by atoms with Gasteiger partial charge in [0.25, 0.3) is 0 Å². The van der Waals surface area contributed by atoms with Crippen LogP contribution in [0.25, 0.3) is 0 Å².